The van der Waals surface area contributed by atoms with Crippen molar-refractivity contribution >= 4 is 15.9 Å². The fraction of sp³-hybridized carbons (Fsp3) is 0.350. The lowest BCUT2D eigenvalue weighted by molar-refractivity contribution is -0.132. The number of phenols is 1. The van der Waals surface area contributed by atoms with Gasteiger partial charge in [-0.3, -0.25) is 4.79 Å². The van der Waals surface area contributed by atoms with Crippen LogP contribution in [-0.2, 0) is 14.8 Å². The van der Waals surface area contributed by atoms with Crippen molar-refractivity contribution in [1.82, 2.24) is 9.21 Å². The number of aromatic hydroxyl groups is 1. The van der Waals surface area contributed by atoms with Crippen molar-refractivity contribution in [2.45, 2.75) is 18.2 Å². The summed E-state index contributed by atoms with van der Waals surface area (Å²) in [6, 6.07) is 13.1. The number of carbonyl (C=O) groups is 1. The average molecular weight is 404 g/mol. The molecule has 1 amide bonds. The molecule has 0 unspecified atom stereocenters. The van der Waals surface area contributed by atoms with E-state index in [1.165, 1.54) is 16.4 Å². The van der Waals surface area contributed by atoms with Crippen molar-refractivity contribution in [2.75, 3.05) is 32.8 Å². The minimum absolute atomic E-state index is 0.0637. The molecule has 28 heavy (non-hydrogen) atoms. The molecule has 0 aliphatic carbocycles. The van der Waals surface area contributed by atoms with Crippen LogP contribution < -0.4 is 4.74 Å². The maximum absolute atomic E-state index is 12.7. The summed E-state index contributed by atoms with van der Waals surface area (Å²) in [6.45, 7) is 3.42. The number of piperazine rings is 1. The highest BCUT2D eigenvalue weighted by atomic mass is 32.2. The Hall–Kier alpha value is -2.58. The number of hydrogen-bond donors (Lipinski definition) is 1. The van der Waals surface area contributed by atoms with Crippen LogP contribution >= 0.6 is 0 Å². The Morgan fingerprint density at radius 2 is 1.61 bits per heavy atom. The molecule has 0 bridgehead atoms. The highest BCUT2D eigenvalue weighted by Crippen LogP contribution is 2.19. The van der Waals surface area contributed by atoms with Gasteiger partial charge in [0.2, 0.25) is 15.9 Å². The van der Waals surface area contributed by atoms with Crippen molar-refractivity contribution in [1.29, 1.82) is 0 Å². The van der Waals surface area contributed by atoms with Crippen LogP contribution in [0, 0.1) is 6.92 Å². The van der Waals surface area contributed by atoms with E-state index in [4.69, 9.17) is 4.74 Å². The summed E-state index contributed by atoms with van der Waals surface area (Å²) in [4.78, 5) is 14.3. The van der Waals surface area contributed by atoms with Gasteiger partial charge < -0.3 is 14.7 Å². The summed E-state index contributed by atoms with van der Waals surface area (Å²) in [5, 5.41) is 9.24. The highest BCUT2D eigenvalue weighted by Gasteiger charge is 2.29. The van der Waals surface area contributed by atoms with Gasteiger partial charge in [-0.1, -0.05) is 17.7 Å². The van der Waals surface area contributed by atoms with E-state index < -0.39 is 10.0 Å². The number of hydrogen-bond acceptors (Lipinski definition) is 5. The summed E-state index contributed by atoms with van der Waals surface area (Å²) >= 11 is 0. The number of nitrogens with zero attached hydrogens (tertiary/aromatic N) is 2. The van der Waals surface area contributed by atoms with Crippen LogP contribution in [0.25, 0.3) is 0 Å². The van der Waals surface area contributed by atoms with Crippen LogP contribution in [-0.4, -0.2) is 61.4 Å². The number of aryl methyl sites for hydroxylation is 1. The third-order valence-corrected chi connectivity index (χ3v) is 6.58. The van der Waals surface area contributed by atoms with Crippen molar-refractivity contribution in [3.8, 4) is 11.5 Å². The molecule has 0 saturated carbocycles. The molecule has 1 aliphatic heterocycles. The average Bonchev–Trinajstić information content (AvgIpc) is 2.70. The Kier molecular flexibility index (Phi) is 6.21. The quantitative estimate of drug-likeness (QED) is 0.796. The van der Waals surface area contributed by atoms with Gasteiger partial charge in [0.1, 0.15) is 11.5 Å². The number of carbonyl (C=O) groups excluding carboxylic acids is 1. The van der Waals surface area contributed by atoms with Crippen LogP contribution in [0.1, 0.15) is 12.0 Å². The zero-order chi connectivity index (χ0) is 20.1. The van der Waals surface area contributed by atoms with Crippen LogP contribution in [0.15, 0.2) is 53.4 Å². The normalized spacial score (nSPS) is 15.4. The molecule has 0 spiro atoms. The van der Waals surface area contributed by atoms with Crippen molar-refractivity contribution in [3.63, 3.8) is 0 Å². The van der Waals surface area contributed by atoms with Crippen LogP contribution in [0.2, 0.25) is 0 Å². The van der Waals surface area contributed by atoms with Gasteiger partial charge in [-0.25, -0.2) is 8.42 Å². The molecular weight excluding hydrogens is 380 g/mol. The predicted octanol–water partition coefficient (Wildman–Crippen LogP) is 2.00. The van der Waals surface area contributed by atoms with Crippen LogP contribution in [0.3, 0.4) is 0 Å². The Labute approximate surface area is 165 Å². The fourth-order valence-electron chi connectivity index (χ4n) is 2.99. The molecule has 1 heterocycles. The van der Waals surface area contributed by atoms with E-state index in [9.17, 15) is 18.3 Å². The molecule has 3 rings (SSSR count). The summed E-state index contributed by atoms with van der Waals surface area (Å²) in [6.07, 6.45) is 0.214. The number of ether oxygens (including phenoxy) is 1. The standard InChI is InChI=1S/C20H24N2O5S/c1-16-2-8-19(9-3-16)28(25,26)22-13-11-21(12-14-22)20(24)10-15-27-18-6-4-17(23)5-7-18/h2-9,23H,10-15H2,1H3. The van der Waals surface area contributed by atoms with Gasteiger partial charge in [0.05, 0.1) is 17.9 Å². The number of benzene rings is 2. The molecular formula is C20H24N2O5S. The molecule has 1 aliphatic rings. The van der Waals surface area contributed by atoms with Gasteiger partial charge in [0.25, 0.3) is 0 Å². The zero-order valence-corrected chi connectivity index (χ0v) is 16.6. The Balaban J connectivity index is 1.48. The summed E-state index contributed by atoms with van der Waals surface area (Å²) < 4.78 is 32.4. The zero-order valence-electron chi connectivity index (χ0n) is 15.7. The lowest BCUT2D eigenvalue weighted by Crippen LogP contribution is -2.50. The SMILES string of the molecule is Cc1ccc(S(=O)(=O)N2CCN(C(=O)CCOc3ccc(O)cc3)CC2)cc1. The largest absolute Gasteiger partial charge is 0.508 e. The lowest BCUT2D eigenvalue weighted by Gasteiger charge is -2.34. The molecule has 150 valence electrons. The Morgan fingerprint density at radius 3 is 2.21 bits per heavy atom. The lowest BCUT2D eigenvalue weighted by atomic mass is 10.2. The maximum atomic E-state index is 12.7. The summed E-state index contributed by atoms with van der Waals surface area (Å²) in [5.41, 5.74) is 1.00. The topological polar surface area (TPSA) is 87.2 Å². The third kappa shape index (κ3) is 4.82. The summed E-state index contributed by atoms with van der Waals surface area (Å²) in [5.74, 6) is 0.674. The van der Waals surface area contributed by atoms with Crippen molar-refractivity contribution < 1.29 is 23.1 Å². The van der Waals surface area contributed by atoms with E-state index >= 15 is 0 Å². The molecule has 0 aromatic heterocycles. The minimum Gasteiger partial charge on any atom is -0.508 e. The maximum Gasteiger partial charge on any atom is 0.243 e. The third-order valence-electron chi connectivity index (χ3n) is 4.67. The fourth-order valence-corrected chi connectivity index (χ4v) is 4.42. The van der Waals surface area contributed by atoms with Gasteiger partial charge in [-0.2, -0.15) is 4.31 Å². The Bertz CT molecular complexity index is 903. The minimum atomic E-state index is -3.53. The molecule has 1 saturated heterocycles. The number of sulfonamides is 1. The molecule has 8 heteroatoms. The van der Waals surface area contributed by atoms with Gasteiger partial charge in [-0.05, 0) is 43.3 Å². The van der Waals surface area contributed by atoms with Gasteiger partial charge in [0, 0.05) is 26.2 Å². The molecule has 0 atom stereocenters. The first-order valence-electron chi connectivity index (χ1n) is 9.13. The molecule has 7 nitrogen and oxygen atoms in total. The second-order valence-corrected chi connectivity index (χ2v) is 8.63. The van der Waals surface area contributed by atoms with Crippen LogP contribution in [0.4, 0.5) is 0 Å². The predicted molar refractivity (Wildman–Crippen MR) is 105 cm³/mol. The first kappa shape index (κ1) is 20.2. The van der Waals surface area contributed by atoms with Gasteiger partial charge >= 0.3 is 0 Å². The molecule has 1 N–H and O–H groups in total. The molecule has 0 radical (unpaired) electrons. The van der Waals surface area contributed by atoms with E-state index in [0.29, 0.717) is 18.8 Å². The second-order valence-electron chi connectivity index (χ2n) is 6.69. The molecule has 2 aromatic rings. The van der Waals surface area contributed by atoms with Crippen molar-refractivity contribution in [2.24, 2.45) is 0 Å². The van der Waals surface area contributed by atoms with Crippen LogP contribution in [0.5, 0.6) is 11.5 Å². The van der Waals surface area contributed by atoms with E-state index in [-0.39, 0.29) is 42.7 Å². The highest BCUT2D eigenvalue weighted by molar-refractivity contribution is 7.89. The van der Waals surface area contributed by atoms with E-state index in [1.807, 2.05) is 6.92 Å². The smallest absolute Gasteiger partial charge is 0.243 e. The van der Waals surface area contributed by atoms with Gasteiger partial charge in [-0.15, -0.1) is 0 Å². The summed E-state index contributed by atoms with van der Waals surface area (Å²) in [7, 11) is -3.53. The first-order chi connectivity index (χ1) is 13.4. The van der Waals surface area contributed by atoms with E-state index in [1.54, 1.807) is 41.3 Å². The van der Waals surface area contributed by atoms with Crippen molar-refractivity contribution in [3.05, 3.63) is 54.1 Å². The molecule has 1 fully saturated rings. The second kappa shape index (κ2) is 8.62. The monoisotopic (exact) mass is 404 g/mol. The van der Waals surface area contributed by atoms with E-state index in [0.717, 1.165) is 5.56 Å². The number of amides is 1. The van der Waals surface area contributed by atoms with E-state index in [2.05, 4.69) is 0 Å². The molecule has 2 aromatic carbocycles. The first-order valence-corrected chi connectivity index (χ1v) is 10.6. The Morgan fingerprint density at radius 1 is 1.00 bits per heavy atom. The number of rotatable bonds is 6. The van der Waals surface area contributed by atoms with Gasteiger partial charge in [0.15, 0.2) is 0 Å². The number of phenolic OH excluding ortho intramolecular Hbond substituents is 1.